The number of carbonyl (C=O) groups excluding carboxylic acids is 1. The molecule has 4 rings (SSSR count). The van der Waals surface area contributed by atoms with Crippen LogP contribution in [0.1, 0.15) is 37.8 Å². The number of thiophene rings is 1. The van der Waals surface area contributed by atoms with Crippen LogP contribution in [0.25, 0.3) is 11.3 Å². The molecule has 0 saturated carbocycles. The van der Waals surface area contributed by atoms with Gasteiger partial charge in [-0.3, -0.25) is 9.69 Å². The highest BCUT2D eigenvalue weighted by Gasteiger charge is 2.34. The van der Waals surface area contributed by atoms with Gasteiger partial charge in [0.15, 0.2) is 5.69 Å². The fraction of sp³-hybridized carbons (Fsp3) is 0.300. The van der Waals surface area contributed by atoms with E-state index in [1.54, 1.807) is 34.9 Å². The van der Waals surface area contributed by atoms with Crippen LogP contribution in [-0.2, 0) is 4.79 Å². The Balaban J connectivity index is 1.83. The van der Waals surface area contributed by atoms with E-state index in [1.165, 1.54) is 0 Å². The molecular weight excluding hydrogens is 392 g/mol. The average Bonchev–Trinajstić information content (AvgIpc) is 3.18. The molecular formula is C20H20N4O2S2. The summed E-state index contributed by atoms with van der Waals surface area (Å²) in [5.41, 5.74) is 2.09. The lowest BCUT2D eigenvalue weighted by Crippen LogP contribution is -2.35. The van der Waals surface area contributed by atoms with Crippen LogP contribution < -0.4 is 9.64 Å². The van der Waals surface area contributed by atoms with Crippen molar-refractivity contribution in [3.8, 4) is 17.1 Å². The number of aromatic nitrogens is 3. The van der Waals surface area contributed by atoms with Crippen molar-refractivity contribution in [2.45, 2.75) is 38.1 Å². The van der Waals surface area contributed by atoms with Gasteiger partial charge in [0.05, 0.1) is 10.6 Å². The molecule has 8 heteroatoms. The molecule has 0 radical (unpaired) electrons. The minimum atomic E-state index is -0.593. The molecule has 1 atom stereocenters. The highest BCUT2D eigenvalue weighted by Crippen LogP contribution is 2.43. The summed E-state index contributed by atoms with van der Waals surface area (Å²) in [6.07, 6.45) is 1.61. The molecule has 6 nitrogen and oxygen atoms in total. The predicted octanol–water partition coefficient (Wildman–Crippen LogP) is 4.94. The number of rotatable bonds is 5. The van der Waals surface area contributed by atoms with Crippen LogP contribution in [0.4, 0.5) is 5.69 Å². The van der Waals surface area contributed by atoms with Crippen LogP contribution in [0.15, 0.2) is 46.9 Å². The van der Waals surface area contributed by atoms with Gasteiger partial charge in [-0.1, -0.05) is 49.4 Å². The Kier molecular flexibility index (Phi) is 5.59. The monoisotopic (exact) mass is 412 g/mol. The molecule has 0 spiro atoms. The second-order valence-electron chi connectivity index (χ2n) is 6.34. The normalized spacial score (nSPS) is 15.4. The van der Waals surface area contributed by atoms with Crippen molar-refractivity contribution in [2.75, 3.05) is 10.7 Å². The Morgan fingerprint density at radius 2 is 2.11 bits per heavy atom. The number of hydrogen-bond donors (Lipinski definition) is 0. The van der Waals surface area contributed by atoms with Gasteiger partial charge in [0, 0.05) is 18.2 Å². The summed E-state index contributed by atoms with van der Waals surface area (Å²) in [5, 5.41) is 11.3. The highest BCUT2D eigenvalue weighted by atomic mass is 32.2. The summed E-state index contributed by atoms with van der Waals surface area (Å²) in [6, 6.07) is 11.6. The van der Waals surface area contributed by atoms with E-state index in [-0.39, 0.29) is 5.91 Å². The zero-order valence-electron chi connectivity index (χ0n) is 15.7. The molecule has 144 valence electrons. The Labute approximate surface area is 172 Å². The van der Waals surface area contributed by atoms with Gasteiger partial charge in [-0.15, -0.1) is 21.5 Å². The largest absolute Gasteiger partial charge is 0.446 e. The zero-order chi connectivity index (χ0) is 19.5. The number of carbonyl (C=O) groups is 1. The van der Waals surface area contributed by atoms with Crippen molar-refractivity contribution in [3.05, 3.63) is 46.7 Å². The van der Waals surface area contributed by atoms with Crippen molar-refractivity contribution in [2.24, 2.45) is 0 Å². The molecule has 1 amide bonds. The van der Waals surface area contributed by atoms with Crippen molar-refractivity contribution in [1.29, 1.82) is 0 Å². The highest BCUT2D eigenvalue weighted by molar-refractivity contribution is 7.99. The lowest BCUT2D eigenvalue weighted by Gasteiger charge is -2.28. The quantitative estimate of drug-likeness (QED) is 0.437. The van der Waals surface area contributed by atoms with Crippen LogP contribution in [-0.4, -0.2) is 26.8 Å². The second kappa shape index (κ2) is 8.28. The Bertz CT molecular complexity index is 978. The average molecular weight is 413 g/mol. The van der Waals surface area contributed by atoms with E-state index in [0.717, 1.165) is 34.7 Å². The summed E-state index contributed by atoms with van der Waals surface area (Å²) < 4.78 is 6.29. The van der Waals surface area contributed by atoms with E-state index in [9.17, 15) is 4.79 Å². The third-order valence-corrected chi connectivity index (χ3v) is 6.19. The summed E-state index contributed by atoms with van der Waals surface area (Å²) >= 11 is 3.11. The molecule has 3 heterocycles. The molecule has 1 aromatic carbocycles. The minimum absolute atomic E-state index is 0.107. The molecule has 0 fully saturated rings. The van der Waals surface area contributed by atoms with E-state index in [1.807, 2.05) is 41.8 Å². The molecule has 0 bridgehead atoms. The maximum atomic E-state index is 12.6. The van der Waals surface area contributed by atoms with Gasteiger partial charge in [0.25, 0.3) is 0 Å². The van der Waals surface area contributed by atoms with Crippen LogP contribution in [0, 0.1) is 0 Å². The standard InChI is InChI=1S/C20H20N4O2S2/c1-3-4-11-28-20-21-18-17(22-23-20)14-8-5-6-9-15(14)24(13(2)25)19(26-18)16-10-7-12-27-16/h5-10,12,19H,3-4,11H2,1-2H3. The fourth-order valence-corrected chi connectivity index (χ4v) is 4.64. The molecule has 1 aliphatic heterocycles. The Morgan fingerprint density at radius 3 is 2.86 bits per heavy atom. The maximum Gasteiger partial charge on any atom is 0.247 e. The first kappa shape index (κ1) is 18.9. The molecule has 3 aromatic rings. The van der Waals surface area contributed by atoms with E-state index >= 15 is 0 Å². The number of ether oxygens (including phenoxy) is 1. The fourth-order valence-electron chi connectivity index (χ4n) is 3.04. The summed E-state index contributed by atoms with van der Waals surface area (Å²) in [4.78, 5) is 19.8. The molecule has 0 saturated heterocycles. The second-order valence-corrected chi connectivity index (χ2v) is 8.38. The molecule has 1 aliphatic rings. The van der Waals surface area contributed by atoms with Crippen molar-refractivity contribution >= 4 is 34.7 Å². The number of para-hydroxylation sites is 1. The molecule has 28 heavy (non-hydrogen) atoms. The van der Waals surface area contributed by atoms with Crippen LogP contribution >= 0.6 is 23.1 Å². The topological polar surface area (TPSA) is 68.2 Å². The third-order valence-electron chi connectivity index (χ3n) is 4.37. The smallest absolute Gasteiger partial charge is 0.247 e. The van der Waals surface area contributed by atoms with Crippen molar-refractivity contribution < 1.29 is 9.53 Å². The lowest BCUT2D eigenvalue weighted by atomic mass is 10.1. The number of anilines is 1. The maximum absolute atomic E-state index is 12.6. The molecule has 1 unspecified atom stereocenters. The summed E-state index contributed by atoms with van der Waals surface area (Å²) in [5.74, 6) is 1.23. The molecule has 2 aromatic heterocycles. The lowest BCUT2D eigenvalue weighted by molar-refractivity contribution is -0.118. The van der Waals surface area contributed by atoms with E-state index in [2.05, 4.69) is 22.1 Å². The Hall–Kier alpha value is -2.45. The van der Waals surface area contributed by atoms with E-state index < -0.39 is 6.23 Å². The van der Waals surface area contributed by atoms with Crippen molar-refractivity contribution in [1.82, 2.24) is 15.2 Å². The number of unbranched alkanes of at least 4 members (excludes halogenated alkanes) is 1. The number of hydrogen-bond acceptors (Lipinski definition) is 7. The van der Waals surface area contributed by atoms with E-state index in [0.29, 0.717) is 16.7 Å². The summed E-state index contributed by atoms with van der Waals surface area (Å²) in [6.45, 7) is 3.70. The van der Waals surface area contributed by atoms with Gasteiger partial charge in [-0.25, -0.2) is 0 Å². The first-order chi connectivity index (χ1) is 13.7. The van der Waals surface area contributed by atoms with Crippen LogP contribution in [0.5, 0.6) is 5.88 Å². The zero-order valence-corrected chi connectivity index (χ0v) is 17.3. The first-order valence-corrected chi connectivity index (χ1v) is 11.0. The predicted molar refractivity (Wildman–Crippen MR) is 112 cm³/mol. The Morgan fingerprint density at radius 1 is 1.25 bits per heavy atom. The van der Waals surface area contributed by atoms with Crippen LogP contribution in [0.3, 0.4) is 0 Å². The third kappa shape index (κ3) is 3.62. The number of thioether (sulfide) groups is 1. The van der Waals surface area contributed by atoms with Gasteiger partial charge in [0.1, 0.15) is 0 Å². The number of amides is 1. The van der Waals surface area contributed by atoms with Gasteiger partial charge in [0.2, 0.25) is 23.2 Å². The van der Waals surface area contributed by atoms with E-state index in [4.69, 9.17) is 4.74 Å². The van der Waals surface area contributed by atoms with Gasteiger partial charge >= 0.3 is 0 Å². The van der Waals surface area contributed by atoms with Crippen LogP contribution in [0.2, 0.25) is 0 Å². The van der Waals surface area contributed by atoms with Gasteiger partial charge in [-0.05, 0) is 23.9 Å². The molecule has 0 N–H and O–H groups in total. The number of nitrogens with zero attached hydrogens (tertiary/aromatic N) is 4. The van der Waals surface area contributed by atoms with Crippen molar-refractivity contribution in [3.63, 3.8) is 0 Å². The molecule has 0 aliphatic carbocycles. The number of benzene rings is 1. The summed E-state index contributed by atoms with van der Waals surface area (Å²) in [7, 11) is 0. The van der Waals surface area contributed by atoms with Gasteiger partial charge in [-0.2, -0.15) is 4.98 Å². The first-order valence-electron chi connectivity index (χ1n) is 9.15. The SMILES string of the molecule is CCCCSc1nnc2c(n1)OC(c1cccs1)N(C(C)=O)c1ccccc1-2. The minimum Gasteiger partial charge on any atom is -0.446 e. The van der Waals surface area contributed by atoms with Gasteiger partial charge < -0.3 is 4.74 Å². The number of fused-ring (bicyclic) bond motifs is 3.